The van der Waals surface area contributed by atoms with Crippen LogP contribution in [0.25, 0.3) is 10.6 Å². The summed E-state index contributed by atoms with van der Waals surface area (Å²) >= 11 is 1.60. The van der Waals surface area contributed by atoms with Crippen molar-refractivity contribution in [2.24, 2.45) is 0 Å². The minimum absolute atomic E-state index is 0.435. The zero-order valence-corrected chi connectivity index (χ0v) is 11.0. The second-order valence-corrected chi connectivity index (χ2v) is 4.23. The van der Waals surface area contributed by atoms with Gasteiger partial charge in [0, 0.05) is 11.9 Å². The SMILES string of the molecule is CC.CC(C)c1cc(-c2cncs2)ncn1. The topological polar surface area (TPSA) is 38.7 Å². The Bertz CT molecular complexity index is 410. The first-order chi connectivity index (χ1) is 7.77. The van der Waals surface area contributed by atoms with Gasteiger partial charge in [-0.15, -0.1) is 11.3 Å². The van der Waals surface area contributed by atoms with Gasteiger partial charge in [-0.05, 0) is 12.0 Å². The Labute approximate surface area is 101 Å². The van der Waals surface area contributed by atoms with Gasteiger partial charge in [-0.3, -0.25) is 4.98 Å². The van der Waals surface area contributed by atoms with Crippen LogP contribution in [0.2, 0.25) is 0 Å². The summed E-state index contributed by atoms with van der Waals surface area (Å²) < 4.78 is 0. The van der Waals surface area contributed by atoms with Gasteiger partial charge < -0.3 is 0 Å². The van der Waals surface area contributed by atoms with Crippen molar-refractivity contribution in [2.75, 3.05) is 0 Å². The van der Waals surface area contributed by atoms with Crippen LogP contribution in [0, 0.1) is 0 Å². The molecule has 0 bridgehead atoms. The molecule has 0 aromatic carbocycles. The van der Waals surface area contributed by atoms with Crippen molar-refractivity contribution in [3.63, 3.8) is 0 Å². The molecule has 0 saturated heterocycles. The van der Waals surface area contributed by atoms with Gasteiger partial charge in [-0.25, -0.2) is 9.97 Å². The smallest absolute Gasteiger partial charge is 0.116 e. The molecule has 0 spiro atoms. The Morgan fingerprint density at radius 1 is 1.19 bits per heavy atom. The molecule has 0 unspecified atom stereocenters. The molecule has 0 aliphatic rings. The van der Waals surface area contributed by atoms with Crippen LogP contribution in [0.1, 0.15) is 39.3 Å². The van der Waals surface area contributed by atoms with E-state index in [0.29, 0.717) is 5.92 Å². The van der Waals surface area contributed by atoms with Gasteiger partial charge >= 0.3 is 0 Å². The van der Waals surface area contributed by atoms with Gasteiger partial charge in [-0.2, -0.15) is 0 Å². The molecule has 0 aliphatic heterocycles. The molecule has 0 radical (unpaired) electrons. The Morgan fingerprint density at radius 3 is 2.50 bits per heavy atom. The molecule has 0 N–H and O–H groups in total. The van der Waals surface area contributed by atoms with Crippen LogP contribution < -0.4 is 0 Å². The summed E-state index contributed by atoms with van der Waals surface area (Å²) in [6.07, 6.45) is 3.45. The highest BCUT2D eigenvalue weighted by atomic mass is 32.1. The quantitative estimate of drug-likeness (QED) is 0.795. The molecule has 2 heterocycles. The maximum atomic E-state index is 4.22. The summed E-state index contributed by atoms with van der Waals surface area (Å²) in [5, 5.41) is 0. The van der Waals surface area contributed by atoms with Crippen molar-refractivity contribution < 1.29 is 0 Å². The number of hydrogen-bond donors (Lipinski definition) is 0. The van der Waals surface area contributed by atoms with E-state index in [0.717, 1.165) is 16.3 Å². The highest BCUT2D eigenvalue weighted by molar-refractivity contribution is 7.13. The predicted octanol–water partition coefficient (Wildman–Crippen LogP) is 3.75. The maximum Gasteiger partial charge on any atom is 0.116 e. The van der Waals surface area contributed by atoms with E-state index in [2.05, 4.69) is 28.8 Å². The molecule has 0 atom stereocenters. The lowest BCUT2D eigenvalue weighted by Gasteiger charge is -2.04. The average Bonchev–Trinajstić information content (AvgIpc) is 2.85. The normalized spacial score (nSPS) is 9.81. The standard InChI is InChI=1S/C10H11N3S.C2H6/c1-7(2)8-3-9(13-5-12-8)10-4-11-6-14-10;1-2/h3-7H,1-2H3;1-2H3. The van der Waals surface area contributed by atoms with Crippen LogP contribution in [0.15, 0.2) is 24.1 Å². The number of hydrogen-bond acceptors (Lipinski definition) is 4. The molecule has 0 saturated carbocycles. The van der Waals surface area contributed by atoms with Crippen molar-refractivity contribution in [3.8, 4) is 10.6 Å². The zero-order valence-electron chi connectivity index (χ0n) is 10.1. The molecule has 0 fully saturated rings. The van der Waals surface area contributed by atoms with Gasteiger partial charge in [0.15, 0.2) is 0 Å². The second-order valence-electron chi connectivity index (χ2n) is 3.35. The number of thiazole rings is 1. The molecule has 16 heavy (non-hydrogen) atoms. The van der Waals surface area contributed by atoms with Crippen LogP contribution in [0.4, 0.5) is 0 Å². The van der Waals surface area contributed by atoms with Crippen molar-refractivity contribution in [1.82, 2.24) is 15.0 Å². The Kier molecular flexibility index (Phi) is 5.05. The van der Waals surface area contributed by atoms with Crippen LogP contribution in [-0.4, -0.2) is 15.0 Å². The van der Waals surface area contributed by atoms with Gasteiger partial charge in [0.05, 0.1) is 16.1 Å². The summed E-state index contributed by atoms with van der Waals surface area (Å²) in [6.45, 7) is 8.25. The van der Waals surface area contributed by atoms with E-state index in [4.69, 9.17) is 0 Å². The number of nitrogens with zero attached hydrogens (tertiary/aromatic N) is 3. The van der Waals surface area contributed by atoms with Crippen LogP contribution in [-0.2, 0) is 0 Å². The molecule has 0 aliphatic carbocycles. The fraction of sp³-hybridized carbons (Fsp3) is 0.417. The van der Waals surface area contributed by atoms with Crippen LogP contribution in [0.3, 0.4) is 0 Å². The molecule has 86 valence electrons. The minimum atomic E-state index is 0.435. The van der Waals surface area contributed by atoms with E-state index in [1.54, 1.807) is 17.7 Å². The summed E-state index contributed by atoms with van der Waals surface area (Å²) in [5.41, 5.74) is 3.85. The Balaban J connectivity index is 0.000000606. The van der Waals surface area contributed by atoms with Gasteiger partial charge in [0.2, 0.25) is 0 Å². The second kappa shape index (κ2) is 6.33. The summed E-state index contributed by atoms with van der Waals surface area (Å²) in [5.74, 6) is 0.435. The molecule has 4 heteroatoms. The average molecular weight is 235 g/mol. The lowest BCUT2D eigenvalue weighted by molar-refractivity contribution is 0.815. The van der Waals surface area contributed by atoms with E-state index < -0.39 is 0 Å². The van der Waals surface area contributed by atoms with Crippen molar-refractivity contribution >= 4 is 11.3 Å². The van der Waals surface area contributed by atoms with Crippen molar-refractivity contribution in [2.45, 2.75) is 33.6 Å². The van der Waals surface area contributed by atoms with E-state index in [1.807, 2.05) is 31.6 Å². The maximum absolute atomic E-state index is 4.22. The zero-order chi connectivity index (χ0) is 12.0. The van der Waals surface area contributed by atoms with E-state index in [9.17, 15) is 0 Å². The molecule has 2 aromatic heterocycles. The Hall–Kier alpha value is -1.29. The third-order valence-corrected chi connectivity index (χ3v) is 2.76. The van der Waals surface area contributed by atoms with Crippen LogP contribution >= 0.6 is 11.3 Å². The summed E-state index contributed by atoms with van der Waals surface area (Å²) in [6, 6.07) is 2.03. The minimum Gasteiger partial charge on any atom is -0.252 e. The lowest BCUT2D eigenvalue weighted by atomic mass is 10.1. The number of rotatable bonds is 2. The van der Waals surface area contributed by atoms with E-state index in [-0.39, 0.29) is 0 Å². The van der Waals surface area contributed by atoms with E-state index in [1.165, 1.54) is 0 Å². The molecule has 0 amide bonds. The molecular formula is C12H17N3S. The van der Waals surface area contributed by atoms with Crippen molar-refractivity contribution in [1.29, 1.82) is 0 Å². The molecular weight excluding hydrogens is 218 g/mol. The highest BCUT2D eigenvalue weighted by Gasteiger charge is 2.05. The Morgan fingerprint density at radius 2 is 1.94 bits per heavy atom. The molecule has 2 aromatic rings. The lowest BCUT2D eigenvalue weighted by Crippen LogP contribution is -1.94. The van der Waals surface area contributed by atoms with Gasteiger partial charge in [-0.1, -0.05) is 27.7 Å². The third-order valence-electron chi connectivity index (χ3n) is 1.96. The first-order valence-corrected chi connectivity index (χ1v) is 6.36. The fourth-order valence-electron chi connectivity index (χ4n) is 1.17. The summed E-state index contributed by atoms with van der Waals surface area (Å²) in [4.78, 5) is 13.6. The summed E-state index contributed by atoms with van der Waals surface area (Å²) in [7, 11) is 0. The molecule has 3 nitrogen and oxygen atoms in total. The first kappa shape index (κ1) is 12.8. The van der Waals surface area contributed by atoms with Crippen LogP contribution in [0.5, 0.6) is 0 Å². The largest absolute Gasteiger partial charge is 0.252 e. The molecule has 2 rings (SSSR count). The number of aromatic nitrogens is 3. The van der Waals surface area contributed by atoms with Gasteiger partial charge in [0.1, 0.15) is 6.33 Å². The van der Waals surface area contributed by atoms with Gasteiger partial charge in [0.25, 0.3) is 0 Å². The highest BCUT2D eigenvalue weighted by Crippen LogP contribution is 2.22. The first-order valence-electron chi connectivity index (χ1n) is 5.48. The fourth-order valence-corrected chi connectivity index (χ4v) is 1.75. The third kappa shape index (κ3) is 3.10. The van der Waals surface area contributed by atoms with Crippen molar-refractivity contribution in [3.05, 3.63) is 29.8 Å². The van der Waals surface area contributed by atoms with E-state index >= 15 is 0 Å². The monoisotopic (exact) mass is 235 g/mol. The predicted molar refractivity (Wildman–Crippen MR) is 68.6 cm³/mol.